The summed E-state index contributed by atoms with van der Waals surface area (Å²) in [6.07, 6.45) is 5.35. The molecule has 6 heteroatoms. The third kappa shape index (κ3) is 2.45. The Labute approximate surface area is 120 Å². The number of rotatable bonds is 1. The van der Waals surface area contributed by atoms with Gasteiger partial charge in [0.2, 0.25) is 0 Å². The van der Waals surface area contributed by atoms with Crippen molar-refractivity contribution < 1.29 is 9.21 Å². The van der Waals surface area contributed by atoms with Crippen LogP contribution in [0.3, 0.4) is 0 Å². The van der Waals surface area contributed by atoms with Crippen molar-refractivity contribution in [2.45, 2.75) is 38.1 Å². The van der Waals surface area contributed by atoms with Gasteiger partial charge in [-0.1, -0.05) is 30.9 Å². The van der Waals surface area contributed by atoms with Crippen LogP contribution in [0.4, 0.5) is 4.79 Å². The second-order valence-corrected chi connectivity index (χ2v) is 5.54. The van der Waals surface area contributed by atoms with E-state index in [1.165, 1.54) is 12.5 Å². The Morgan fingerprint density at radius 2 is 2.05 bits per heavy atom. The number of aromatic nitrogens is 1. The normalized spacial score (nSPS) is 16.4. The van der Waals surface area contributed by atoms with Crippen LogP contribution in [0.5, 0.6) is 0 Å². The van der Waals surface area contributed by atoms with Crippen molar-refractivity contribution in [3.63, 3.8) is 0 Å². The fourth-order valence-electron chi connectivity index (χ4n) is 2.67. The zero-order valence-electron chi connectivity index (χ0n) is 10.9. The van der Waals surface area contributed by atoms with Crippen LogP contribution >= 0.6 is 11.6 Å². The lowest BCUT2D eigenvalue weighted by Gasteiger charge is -2.22. The average Bonchev–Trinajstić information content (AvgIpc) is 2.74. The zero-order valence-corrected chi connectivity index (χ0v) is 11.7. The molecular formula is C14H15ClN2O3. The van der Waals surface area contributed by atoms with Crippen molar-refractivity contribution in [1.82, 2.24) is 9.88 Å². The van der Waals surface area contributed by atoms with E-state index in [1.807, 2.05) is 0 Å². The summed E-state index contributed by atoms with van der Waals surface area (Å²) in [7, 11) is 0. The summed E-state index contributed by atoms with van der Waals surface area (Å²) in [5.74, 6) is -0.685. The predicted octanol–water partition coefficient (Wildman–Crippen LogP) is 3.14. The number of fused-ring (bicyclic) bond motifs is 1. The van der Waals surface area contributed by atoms with Crippen molar-refractivity contribution in [3.05, 3.63) is 33.8 Å². The van der Waals surface area contributed by atoms with E-state index in [1.54, 1.807) is 12.1 Å². The monoisotopic (exact) mass is 294 g/mol. The van der Waals surface area contributed by atoms with Crippen molar-refractivity contribution >= 4 is 28.7 Å². The van der Waals surface area contributed by atoms with Crippen molar-refractivity contribution in [1.29, 1.82) is 0 Å². The Balaban J connectivity index is 1.90. The highest BCUT2D eigenvalue weighted by Crippen LogP contribution is 2.20. The lowest BCUT2D eigenvalue weighted by atomic mass is 9.96. The van der Waals surface area contributed by atoms with Crippen LogP contribution in [0.25, 0.3) is 11.1 Å². The molecule has 20 heavy (non-hydrogen) atoms. The quantitative estimate of drug-likeness (QED) is 0.879. The molecule has 0 aliphatic heterocycles. The van der Waals surface area contributed by atoms with Crippen LogP contribution in [0, 0.1) is 0 Å². The van der Waals surface area contributed by atoms with Crippen LogP contribution in [-0.4, -0.2) is 16.6 Å². The van der Waals surface area contributed by atoms with E-state index in [0.717, 1.165) is 30.3 Å². The van der Waals surface area contributed by atoms with Crippen LogP contribution in [0.1, 0.15) is 32.1 Å². The topological polar surface area (TPSA) is 64.2 Å². The molecule has 3 rings (SSSR count). The number of carbonyl (C=O) groups excluding carboxylic acids is 1. The SMILES string of the molecule is O=C(NC1CCCCC1)n1c(=O)oc2cc(Cl)ccc21. The molecule has 2 aromatic rings. The first-order valence-corrected chi connectivity index (χ1v) is 7.15. The lowest BCUT2D eigenvalue weighted by Crippen LogP contribution is -2.41. The van der Waals surface area contributed by atoms with Gasteiger partial charge >= 0.3 is 11.8 Å². The molecule has 1 saturated carbocycles. The Hall–Kier alpha value is -1.75. The third-order valence-corrected chi connectivity index (χ3v) is 3.91. The van der Waals surface area contributed by atoms with Crippen molar-refractivity contribution in [2.75, 3.05) is 0 Å². The van der Waals surface area contributed by atoms with E-state index < -0.39 is 11.8 Å². The van der Waals surface area contributed by atoms with Gasteiger partial charge in [0.25, 0.3) is 0 Å². The molecule has 0 bridgehead atoms. The minimum absolute atomic E-state index is 0.139. The Kier molecular flexibility index (Phi) is 3.53. The van der Waals surface area contributed by atoms with E-state index in [0.29, 0.717) is 16.1 Å². The van der Waals surface area contributed by atoms with E-state index >= 15 is 0 Å². The van der Waals surface area contributed by atoms with Crippen LogP contribution in [0.2, 0.25) is 5.02 Å². The van der Waals surface area contributed by atoms with Gasteiger partial charge in [0, 0.05) is 17.1 Å². The van der Waals surface area contributed by atoms with Gasteiger partial charge < -0.3 is 9.73 Å². The first-order chi connectivity index (χ1) is 9.65. The fourth-order valence-corrected chi connectivity index (χ4v) is 2.83. The zero-order chi connectivity index (χ0) is 14.1. The molecule has 0 unspecified atom stereocenters. The van der Waals surface area contributed by atoms with E-state index in [2.05, 4.69) is 5.32 Å². The van der Waals surface area contributed by atoms with Gasteiger partial charge in [-0.3, -0.25) is 0 Å². The standard InChI is InChI=1S/C14H15ClN2O3/c15-9-6-7-11-12(8-9)20-14(19)17(11)13(18)16-10-4-2-1-3-5-10/h6-8,10H,1-5H2,(H,16,18). The van der Waals surface area contributed by atoms with Gasteiger partial charge in [-0.2, -0.15) is 4.57 Å². The molecule has 106 valence electrons. The van der Waals surface area contributed by atoms with Gasteiger partial charge in [0.05, 0.1) is 5.52 Å². The summed E-state index contributed by atoms with van der Waals surface area (Å²) in [4.78, 5) is 24.1. The van der Waals surface area contributed by atoms with Gasteiger partial charge in [0.15, 0.2) is 5.58 Å². The number of carbonyl (C=O) groups is 1. The molecule has 1 aliphatic rings. The summed E-state index contributed by atoms with van der Waals surface area (Å²) < 4.78 is 6.08. The maximum Gasteiger partial charge on any atom is 0.428 e. The second kappa shape index (κ2) is 5.32. The number of halogens is 1. The number of nitrogens with zero attached hydrogens (tertiary/aromatic N) is 1. The van der Waals surface area contributed by atoms with Crippen LogP contribution in [0.15, 0.2) is 27.4 Å². The number of amides is 1. The Bertz CT molecular complexity index is 698. The number of benzene rings is 1. The largest absolute Gasteiger partial charge is 0.428 e. The molecule has 1 amide bonds. The minimum atomic E-state index is -0.685. The lowest BCUT2D eigenvalue weighted by molar-refractivity contribution is 0.233. The molecule has 1 aromatic heterocycles. The maximum absolute atomic E-state index is 12.3. The van der Waals surface area contributed by atoms with Crippen molar-refractivity contribution in [2.24, 2.45) is 0 Å². The molecule has 5 nitrogen and oxygen atoms in total. The molecule has 1 heterocycles. The summed E-state index contributed by atoms with van der Waals surface area (Å²) in [6.45, 7) is 0. The first-order valence-electron chi connectivity index (χ1n) is 6.77. The molecule has 0 spiro atoms. The van der Waals surface area contributed by atoms with Gasteiger partial charge in [-0.25, -0.2) is 9.59 Å². The highest BCUT2D eigenvalue weighted by molar-refractivity contribution is 6.31. The fraction of sp³-hybridized carbons (Fsp3) is 0.429. The summed E-state index contributed by atoms with van der Waals surface area (Å²) in [5, 5.41) is 3.36. The number of oxazole rings is 1. The highest BCUT2D eigenvalue weighted by Gasteiger charge is 2.20. The highest BCUT2D eigenvalue weighted by atomic mass is 35.5. The molecule has 1 aliphatic carbocycles. The third-order valence-electron chi connectivity index (χ3n) is 3.68. The Morgan fingerprint density at radius 3 is 2.80 bits per heavy atom. The van der Waals surface area contributed by atoms with E-state index in [4.69, 9.17) is 16.0 Å². The summed E-state index contributed by atoms with van der Waals surface area (Å²) >= 11 is 5.84. The molecule has 1 N–H and O–H groups in total. The average molecular weight is 295 g/mol. The van der Waals surface area contributed by atoms with Crippen LogP contribution in [-0.2, 0) is 0 Å². The van der Waals surface area contributed by atoms with Gasteiger partial charge in [-0.05, 0) is 25.0 Å². The first kappa shape index (κ1) is 13.2. The summed E-state index contributed by atoms with van der Waals surface area (Å²) in [6, 6.07) is 4.48. The molecule has 0 radical (unpaired) electrons. The smallest absolute Gasteiger partial charge is 0.407 e. The molecule has 0 atom stereocenters. The summed E-state index contributed by atoms with van der Waals surface area (Å²) in [5.41, 5.74) is 0.758. The molecule has 1 fully saturated rings. The number of nitrogens with one attached hydrogen (secondary N) is 1. The molecule has 0 saturated heterocycles. The second-order valence-electron chi connectivity index (χ2n) is 5.10. The van der Waals surface area contributed by atoms with Crippen LogP contribution < -0.4 is 11.1 Å². The number of hydrogen-bond donors (Lipinski definition) is 1. The van der Waals surface area contributed by atoms with E-state index in [9.17, 15) is 9.59 Å². The minimum Gasteiger partial charge on any atom is -0.407 e. The van der Waals surface area contributed by atoms with Gasteiger partial charge in [0.1, 0.15) is 0 Å². The van der Waals surface area contributed by atoms with E-state index in [-0.39, 0.29) is 6.04 Å². The molecular weight excluding hydrogens is 280 g/mol. The molecule has 1 aromatic carbocycles. The maximum atomic E-state index is 12.3. The van der Waals surface area contributed by atoms with Crippen molar-refractivity contribution in [3.8, 4) is 0 Å². The predicted molar refractivity (Wildman–Crippen MR) is 76.3 cm³/mol. The van der Waals surface area contributed by atoms with Gasteiger partial charge in [-0.15, -0.1) is 0 Å². The number of hydrogen-bond acceptors (Lipinski definition) is 3. The Morgan fingerprint density at radius 1 is 1.30 bits per heavy atom.